The number of rotatable bonds is 6. The van der Waals surface area contributed by atoms with E-state index in [9.17, 15) is 0 Å². The predicted molar refractivity (Wildman–Crippen MR) is 212 cm³/mol. The van der Waals surface area contributed by atoms with Gasteiger partial charge < -0.3 is 14.2 Å². The highest BCUT2D eigenvalue weighted by Gasteiger charge is 2.24. The molecule has 240 valence electrons. The minimum absolute atomic E-state index is 0.878. The van der Waals surface area contributed by atoms with Crippen LogP contribution in [0.25, 0.3) is 60.9 Å². The molecule has 10 rings (SSSR count). The summed E-state index contributed by atoms with van der Waals surface area (Å²) in [6.45, 7) is 0. The Hall–Kier alpha value is -6.84. The molecule has 0 radical (unpaired) electrons. The molecule has 1 aliphatic heterocycles. The molecule has 0 spiro atoms. The zero-order valence-corrected chi connectivity index (χ0v) is 27.8. The summed E-state index contributed by atoms with van der Waals surface area (Å²) in [5.41, 5.74) is 13.9. The van der Waals surface area contributed by atoms with Crippen molar-refractivity contribution < 1.29 is 4.74 Å². The van der Waals surface area contributed by atoms with Crippen LogP contribution < -0.4 is 9.64 Å². The van der Waals surface area contributed by atoms with E-state index >= 15 is 0 Å². The quantitative estimate of drug-likeness (QED) is 0.178. The highest BCUT2D eigenvalue weighted by molar-refractivity contribution is 6.17. The van der Waals surface area contributed by atoms with Crippen molar-refractivity contribution in [3.8, 4) is 50.6 Å². The molecule has 3 heteroatoms. The average molecular weight is 653 g/mol. The summed E-state index contributed by atoms with van der Waals surface area (Å²) in [4.78, 5) is 2.29. The first-order chi connectivity index (χ1) is 25.3. The second kappa shape index (κ2) is 11.9. The maximum atomic E-state index is 6.37. The molecule has 0 aliphatic carbocycles. The minimum atomic E-state index is 0.878. The van der Waals surface area contributed by atoms with Crippen molar-refractivity contribution in [3.63, 3.8) is 0 Å². The van der Waals surface area contributed by atoms with Crippen molar-refractivity contribution in [2.75, 3.05) is 4.90 Å². The van der Waals surface area contributed by atoms with Gasteiger partial charge in [0, 0.05) is 27.8 Å². The standard InChI is InChI=1S/C48H32N2O/c1-3-14-38(15-4-1)49(39-16-5-2-6-17-39)40-30-28-34(29-31-40)33-24-26-35(27-25-33)36-12-9-13-37(32-36)41-18-10-21-44-47(41)42-19-11-23-46-48(42)50(44)43-20-7-8-22-45(43)51-46/h1-32H. The maximum absolute atomic E-state index is 6.37. The van der Waals surface area contributed by atoms with E-state index in [0.29, 0.717) is 0 Å². The molecule has 8 aromatic carbocycles. The fraction of sp³-hybridized carbons (Fsp3) is 0. The van der Waals surface area contributed by atoms with Crippen molar-refractivity contribution in [2.24, 2.45) is 0 Å². The van der Waals surface area contributed by atoms with Gasteiger partial charge in [0.05, 0.1) is 16.7 Å². The van der Waals surface area contributed by atoms with E-state index in [1.165, 1.54) is 49.7 Å². The normalized spacial score (nSPS) is 11.7. The van der Waals surface area contributed by atoms with Gasteiger partial charge in [0.2, 0.25) is 0 Å². The lowest BCUT2D eigenvalue weighted by molar-refractivity contribution is 0.476. The number of nitrogens with zero attached hydrogens (tertiary/aromatic N) is 2. The Morgan fingerprint density at radius 3 is 1.67 bits per heavy atom. The topological polar surface area (TPSA) is 17.4 Å². The molecular formula is C48H32N2O. The lowest BCUT2D eigenvalue weighted by atomic mass is 9.95. The fourth-order valence-corrected chi connectivity index (χ4v) is 7.63. The van der Waals surface area contributed by atoms with Gasteiger partial charge in [0.1, 0.15) is 0 Å². The summed E-state index contributed by atoms with van der Waals surface area (Å²) in [5, 5.41) is 2.44. The second-order valence-electron chi connectivity index (χ2n) is 13.0. The van der Waals surface area contributed by atoms with Gasteiger partial charge in [-0.1, -0.05) is 127 Å². The van der Waals surface area contributed by atoms with Gasteiger partial charge in [-0.2, -0.15) is 0 Å². The Balaban J connectivity index is 0.986. The number of ether oxygens (including phenoxy) is 1. The molecule has 9 aromatic rings. The van der Waals surface area contributed by atoms with Crippen LogP contribution in [0.4, 0.5) is 17.1 Å². The lowest BCUT2D eigenvalue weighted by Crippen LogP contribution is -2.09. The summed E-state index contributed by atoms with van der Waals surface area (Å²) < 4.78 is 8.73. The van der Waals surface area contributed by atoms with Gasteiger partial charge in [-0.25, -0.2) is 0 Å². The van der Waals surface area contributed by atoms with Gasteiger partial charge in [-0.05, 0) is 100 Å². The Bertz CT molecular complexity index is 2650. The van der Waals surface area contributed by atoms with Crippen molar-refractivity contribution in [2.45, 2.75) is 0 Å². The van der Waals surface area contributed by atoms with Gasteiger partial charge >= 0.3 is 0 Å². The third-order valence-corrected chi connectivity index (χ3v) is 9.98. The van der Waals surface area contributed by atoms with Crippen LogP contribution in [0.5, 0.6) is 11.5 Å². The molecule has 0 bridgehead atoms. The van der Waals surface area contributed by atoms with Gasteiger partial charge in [0.15, 0.2) is 11.5 Å². The number of hydrogen-bond acceptors (Lipinski definition) is 2. The number of anilines is 3. The minimum Gasteiger partial charge on any atom is -0.453 e. The first kappa shape index (κ1) is 29.1. The van der Waals surface area contributed by atoms with E-state index in [4.69, 9.17) is 4.74 Å². The van der Waals surface area contributed by atoms with Crippen LogP contribution in [0.3, 0.4) is 0 Å². The first-order valence-corrected chi connectivity index (χ1v) is 17.4. The van der Waals surface area contributed by atoms with Crippen molar-refractivity contribution in [3.05, 3.63) is 194 Å². The van der Waals surface area contributed by atoms with Crippen LogP contribution in [0.2, 0.25) is 0 Å². The highest BCUT2D eigenvalue weighted by atomic mass is 16.5. The van der Waals surface area contributed by atoms with Crippen LogP contribution in [0.15, 0.2) is 194 Å². The molecule has 0 N–H and O–H groups in total. The third kappa shape index (κ3) is 4.90. The van der Waals surface area contributed by atoms with Gasteiger partial charge in [0.25, 0.3) is 0 Å². The molecular weight excluding hydrogens is 621 g/mol. The van der Waals surface area contributed by atoms with E-state index in [0.717, 1.165) is 39.8 Å². The largest absolute Gasteiger partial charge is 0.453 e. The molecule has 1 aromatic heterocycles. The summed E-state index contributed by atoms with van der Waals surface area (Å²) in [6.07, 6.45) is 0. The lowest BCUT2D eigenvalue weighted by Gasteiger charge is -2.25. The Morgan fingerprint density at radius 2 is 0.941 bits per heavy atom. The molecule has 0 saturated carbocycles. The molecule has 0 saturated heterocycles. The van der Waals surface area contributed by atoms with Crippen molar-refractivity contribution in [1.82, 2.24) is 4.57 Å². The zero-order chi connectivity index (χ0) is 33.7. The van der Waals surface area contributed by atoms with Gasteiger partial charge in [-0.3, -0.25) is 0 Å². The molecule has 0 unspecified atom stereocenters. The summed E-state index contributed by atoms with van der Waals surface area (Å²) in [5.74, 6) is 1.77. The van der Waals surface area contributed by atoms with E-state index in [2.05, 4.69) is 191 Å². The third-order valence-electron chi connectivity index (χ3n) is 9.98. The monoisotopic (exact) mass is 652 g/mol. The smallest absolute Gasteiger partial charge is 0.152 e. The Labute approximate surface area is 296 Å². The number of benzene rings is 8. The van der Waals surface area contributed by atoms with Crippen LogP contribution in [-0.4, -0.2) is 4.57 Å². The first-order valence-electron chi connectivity index (χ1n) is 17.4. The maximum Gasteiger partial charge on any atom is 0.152 e. The van der Waals surface area contributed by atoms with Crippen molar-refractivity contribution in [1.29, 1.82) is 0 Å². The fourth-order valence-electron chi connectivity index (χ4n) is 7.63. The van der Waals surface area contributed by atoms with Crippen LogP contribution >= 0.6 is 0 Å². The molecule has 1 aliphatic rings. The summed E-state index contributed by atoms with van der Waals surface area (Å²) in [6, 6.07) is 69.0. The molecule has 3 nitrogen and oxygen atoms in total. The Morgan fingerprint density at radius 1 is 0.392 bits per heavy atom. The number of hydrogen-bond donors (Lipinski definition) is 0. The van der Waals surface area contributed by atoms with E-state index in [-0.39, 0.29) is 0 Å². The van der Waals surface area contributed by atoms with E-state index < -0.39 is 0 Å². The molecule has 0 amide bonds. The predicted octanol–water partition coefficient (Wildman–Crippen LogP) is 13.4. The number of para-hydroxylation sites is 5. The van der Waals surface area contributed by atoms with E-state index in [1.807, 2.05) is 12.1 Å². The summed E-state index contributed by atoms with van der Waals surface area (Å²) >= 11 is 0. The average Bonchev–Trinajstić information content (AvgIpc) is 3.55. The number of aromatic nitrogens is 1. The molecule has 51 heavy (non-hydrogen) atoms. The Kier molecular flexibility index (Phi) is 6.81. The van der Waals surface area contributed by atoms with Crippen LogP contribution in [0.1, 0.15) is 0 Å². The van der Waals surface area contributed by atoms with Gasteiger partial charge in [-0.15, -0.1) is 0 Å². The molecule has 0 atom stereocenters. The zero-order valence-electron chi connectivity index (χ0n) is 27.8. The molecule has 0 fully saturated rings. The van der Waals surface area contributed by atoms with Crippen LogP contribution in [0, 0.1) is 0 Å². The second-order valence-corrected chi connectivity index (χ2v) is 13.0. The summed E-state index contributed by atoms with van der Waals surface area (Å²) in [7, 11) is 0. The highest BCUT2D eigenvalue weighted by Crippen LogP contribution is 2.47. The molecule has 2 heterocycles. The van der Waals surface area contributed by atoms with E-state index in [1.54, 1.807) is 0 Å². The van der Waals surface area contributed by atoms with Crippen molar-refractivity contribution >= 4 is 38.9 Å². The number of fused-ring (bicyclic) bond motifs is 5. The SMILES string of the molecule is c1ccc(N(c2ccccc2)c2ccc(-c3ccc(-c4cccc(-c5cccc6c5c5cccc7c5n6-c5ccccc5O7)c4)cc3)cc2)cc1. The van der Waals surface area contributed by atoms with Crippen LogP contribution in [-0.2, 0) is 0 Å².